The zero-order valence-electron chi connectivity index (χ0n) is 10.3. The minimum Gasteiger partial charge on any atom is -0.443 e. The van der Waals surface area contributed by atoms with Gasteiger partial charge < -0.3 is 14.6 Å². The van der Waals surface area contributed by atoms with Gasteiger partial charge in [0, 0.05) is 43.3 Å². The Morgan fingerprint density at radius 2 is 1.95 bits per heavy atom. The highest BCUT2D eigenvalue weighted by molar-refractivity contribution is 7.89. The van der Waals surface area contributed by atoms with Crippen LogP contribution in [0.3, 0.4) is 0 Å². The first kappa shape index (κ1) is 12.5. The van der Waals surface area contributed by atoms with Gasteiger partial charge in [0.05, 0.1) is 0 Å². The fraction of sp³-hybridized carbons (Fsp3) is 0.333. The maximum absolute atomic E-state index is 11.3. The zero-order chi connectivity index (χ0) is 13.5. The van der Waals surface area contributed by atoms with Crippen molar-refractivity contribution in [1.29, 1.82) is 0 Å². The van der Waals surface area contributed by atoms with Crippen LogP contribution in [0.5, 0.6) is 0 Å². The number of hydrogen-bond donors (Lipinski definition) is 2. The average molecular weight is 281 g/mol. The second kappa shape index (κ2) is 4.52. The topological polar surface area (TPSA) is 88.6 Å². The Kier molecular flexibility index (Phi) is 2.96. The van der Waals surface area contributed by atoms with E-state index in [0.29, 0.717) is 5.58 Å². The molecule has 0 atom stereocenters. The van der Waals surface area contributed by atoms with E-state index < -0.39 is 10.0 Å². The molecule has 0 spiro atoms. The lowest BCUT2D eigenvalue weighted by Crippen LogP contribution is -2.43. The molecular weight excluding hydrogens is 266 g/mol. The number of rotatable bonds is 2. The van der Waals surface area contributed by atoms with Crippen molar-refractivity contribution in [2.75, 3.05) is 31.1 Å². The van der Waals surface area contributed by atoms with Crippen molar-refractivity contribution in [3.63, 3.8) is 0 Å². The molecule has 1 saturated heterocycles. The van der Waals surface area contributed by atoms with Crippen LogP contribution in [0.15, 0.2) is 33.8 Å². The molecule has 0 amide bonds. The molecule has 0 unspecified atom stereocenters. The van der Waals surface area contributed by atoms with Crippen LogP contribution < -0.4 is 15.4 Å². The molecule has 1 aliphatic rings. The Bertz CT molecular complexity index is 702. The predicted octanol–water partition coefficient (Wildman–Crippen LogP) is 0.490. The molecule has 7 heteroatoms. The van der Waals surface area contributed by atoms with Crippen LogP contribution in [0.1, 0.15) is 0 Å². The smallest absolute Gasteiger partial charge is 0.271 e. The number of sulfonamides is 1. The second-order valence-electron chi connectivity index (χ2n) is 4.57. The highest BCUT2D eigenvalue weighted by Gasteiger charge is 2.16. The normalized spacial score (nSPS) is 17.0. The maximum Gasteiger partial charge on any atom is 0.271 e. The van der Waals surface area contributed by atoms with Crippen molar-refractivity contribution in [2.45, 2.75) is 5.09 Å². The fourth-order valence-corrected chi connectivity index (χ4v) is 2.76. The lowest BCUT2D eigenvalue weighted by atomic mass is 10.2. The Hall–Kier alpha value is -1.57. The molecular formula is C12H15N3O3S. The highest BCUT2D eigenvalue weighted by Crippen LogP contribution is 2.26. The number of nitrogens with one attached hydrogen (secondary N) is 1. The van der Waals surface area contributed by atoms with E-state index in [0.717, 1.165) is 37.3 Å². The average Bonchev–Trinajstić information content (AvgIpc) is 2.82. The van der Waals surface area contributed by atoms with E-state index in [9.17, 15) is 8.42 Å². The maximum atomic E-state index is 11.3. The van der Waals surface area contributed by atoms with Crippen molar-refractivity contribution in [3.8, 4) is 0 Å². The van der Waals surface area contributed by atoms with Gasteiger partial charge in [0.1, 0.15) is 5.58 Å². The molecule has 1 fully saturated rings. The van der Waals surface area contributed by atoms with E-state index in [-0.39, 0.29) is 5.09 Å². The molecule has 3 rings (SSSR count). The summed E-state index contributed by atoms with van der Waals surface area (Å²) in [6.07, 6.45) is 0. The van der Waals surface area contributed by atoms with Gasteiger partial charge in [-0.15, -0.1) is 0 Å². The zero-order valence-corrected chi connectivity index (χ0v) is 11.1. The summed E-state index contributed by atoms with van der Waals surface area (Å²) in [7, 11) is -3.79. The van der Waals surface area contributed by atoms with Crippen LogP contribution in [0.4, 0.5) is 5.69 Å². The number of nitrogens with two attached hydrogens (primary N) is 1. The second-order valence-corrected chi connectivity index (χ2v) is 6.06. The van der Waals surface area contributed by atoms with Gasteiger partial charge in [-0.3, -0.25) is 0 Å². The minimum absolute atomic E-state index is 0.194. The molecule has 0 bridgehead atoms. The van der Waals surface area contributed by atoms with Crippen molar-refractivity contribution in [1.82, 2.24) is 5.32 Å². The van der Waals surface area contributed by atoms with Gasteiger partial charge in [-0.05, 0) is 18.2 Å². The molecule has 1 aliphatic heterocycles. The number of piperazine rings is 1. The quantitative estimate of drug-likeness (QED) is 0.836. The minimum atomic E-state index is -3.79. The Balaban J connectivity index is 2.00. The third-order valence-electron chi connectivity index (χ3n) is 3.24. The van der Waals surface area contributed by atoms with Gasteiger partial charge in [-0.25, -0.2) is 13.6 Å². The predicted molar refractivity (Wildman–Crippen MR) is 72.7 cm³/mol. The number of anilines is 1. The van der Waals surface area contributed by atoms with E-state index in [1.54, 1.807) is 6.07 Å². The number of primary sulfonamides is 1. The van der Waals surface area contributed by atoms with E-state index in [1.165, 1.54) is 6.07 Å². The van der Waals surface area contributed by atoms with Crippen molar-refractivity contribution < 1.29 is 12.8 Å². The largest absolute Gasteiger partial charge is 0.443 e. The number of nitrogens with zero attached hydrogens (tertiary/aromatic N) is 1. The number of furan rings is 1. The van der Waals surface area contributed by atoms with Gasteiger partial charge in [-0.2, -0.15) is 0 Å². The molecule has 1 aromatic carbocycles. The first-order valence-electron chi connectivity index (χ1n) is 6.06. The van der Waals surface area contributed by atoms with Crippen molar-refractivity contribution >= 4 is 26.7 Å². The summed E-state index contributed by atoms with van der Waals surface area (Å²) in [6, 6.07) is 7.11. The molecule has 19 heavy (non-hydrogen) atoms. The van der Waals surface area contributed by atoms with Crippen LogP contribution in [-0.2, 0) is 10.0 Å². The Morgan fingerprint density at radius 1 is 1.21 bits per heavy atom. The molecule has 0 radical (unpaired) electrons. The number of fused-ring (bicyclic) bond motifs is 1. The van der Waals surface area contributed by atoms with Crippen LogP contribution in [0, 0.1) is 0 Å². The Morgan fingerprint density at radius 3 is 2.63 bits per heavy atom. The summed E-state index contributed by atoms with van der Waals surface area (Å²) < 4.78 is 27.7. The molecule has 2 aromatic rings. The van der Waals surface area contributed by atoms with Crippen molar-refractivity contribution in [2.24, 2.45) is 5.14 Å². The van der Waals surface area contributed by atoms with Gasteiger partial charge >= 0.3 is 0 Å². The summed E-state index contributed by atoms with van der Waals surface area (Å²) in [5.41, 5.74) is 1.60. The lowest BCUT2D eigenvalue weighted by molar-refractivity contribution is 0.482. The van der Waals surface area contributed by atoms with E-state index in [4.69, 9.17) is 9.56 Å². The summed E-state index contributed by atoms with van der Waals surface area (Å²) in [6.45, 7) is 3.77. The van der Waals surface area contributed by atoms with Gasteiger partial charge in [-0.1, -0.05) is 0 Å². The lowest BCUT2D eigenvalue weighted by Gasteiger charge is -2.29. The molecule has 2 heterocycles. The monoisotopic (exact) mass is 281 g/mol. The third kappa shape index (κ3) is 2.44. The van der Waals surface area contributed by atoms with E-state index in [1.807, 2.05) is 12.1 Å². The standard InChI is InChI=1S/C12H15N3O3S/c13-19(16,17)12-8-9-7-10(1-2-11(9)18-12)15-5-3-14-4-6-15/h1-2,7-8,14H,3-6H2,(H2,13,16,17). The molecule has 0 aliphatic carbocycles. The Labute approximate surface area is 111 Å². The molecule has 6 nitrogen and oxygen atoms in total. The first-order chi connectivity index (χ1) is 9.04. The molecule has 102 valence electrons. The summed E-state index contributed by atoms with van der Waals surface area (Å²) in [5.74, 6) is 0. The van der Waals surface area contributed by atoms with Crippen LogP contribution in [-0.4, -0.2) is 34.6 Å². The molecule has 0 saturated carbocycles. The van der Waals surface area contributed by atoms with Crippen LogP contribution >= 0.6 is 0 Å². The molecule has 3 N–H and O–H groups in total. The van der Waals surface area contributed by atoms with E-state index >= 15 is 0 Å². The van der Waals surface area contributed by atoms with Gasteiger partial charge in [0.15, 0.2) is 0 Å². The molecule has 1 aromatic heterocycles. The van der Waals surface area contributed by atoms with Crippen molar-refractivity contribution in [3.05, 3.63) is 24.3 Å². The summed E-state index contributed by atoms with van der Waals surface area (Å²) in [5, 5.41) is 8.91. The number of hydrogen-bond acceptors (Lipinski definition) is 5. The third-order valence-corrected chi connectivity index (χ3v) is 4.00. The first-order valence-corrected chi connectivity index (χ1v) is 7.61. The summed E-state index contributed by atoms with van der Waals surface area (Å²) in [4.78, 5) is 2.25. The van der Waals surface area contributed by atoms with Gasteiger partial charge in [0.25, 0.3) is 10.0 Å². The number of benzene rings is 1. The van der Waals surface area contributed by atoms with Crippen LogP contribution in [0.2, 0.25) is 0 Å². The van der Waals surface area contributed by atoms with E-state index in [2.05, 4.69) is 10.2 Å². The highest BCUT2D eigenvalue weighted by atomic mass is 32.2. The summed E-state index contributed by atoms with van der Waals surface area (Å²) >= 11 is 0. The van der Waals surface area contributed by atoms with Gasteiger partial charge in [0.2, 0.25) is 5.09 Å². The fourth-order valence-electron chi connectivity index (χ4n) is 2.27. The van der Waals surface area contributed by atoms with Crippen LogP contribution in [0.25, 0.3) is 11.0 Å². The SMILES string of the molecule is NS(=O)(=O)c1cc2cc(N3CCNCC3)ccc2o1.